The summed E-state index contributed by atoms with van der Waals surface area (Å²) in [5, 5.41) is 9.06. The Hall–Kier alpha value is -2.52. The van der Waals surface area contributed by atoms with Crippen LogP contribution in [0.2, 0.25) is 0 Å². The number of benzene rings is 2. The van der Waals surface area contributed by atoms with Gasteiger partial charge in [-0.25, -0.2) is 8.78 Å². The smallest absolute Gasteiger partial charge is 0.182 e. The number of aromatic amines is 1. The number of nitriles is 1. The van der Waals surface area contributed by atoms with Gasteiger partial charge in [0, 0.05) is 0 Å². The molecule has 0 radical (unpaired) electrons. The lowest BCUT2D eigenvalue weighted by Crippen LogP contribution is -1.99. The van der Waals surface area contributed by atoms with Gasteiger partial charge in [-0.1, -0.05) is 12.1 Å². The van der Waals surface area contributed by atoms with Gasteiger partial charge in [-0.3, -0.25) is 4.57 Å². The minimum Gasteiger partial charge on any atom is -0.329 e. The third kappa shape index (κ3) is 1.72. The monoisotopic (exact) mass is 287 g/mol. The van der Waals surface area contributed by atoms with E-state index in [4.69, 9.17) is 17.5 Å². The van der Waals surface area contributed by atoms with E-state index < -0.39 is 11.6 Å². The number of halogens is 2. The number of para-hydroxylation sites is 1. The molecule has 0 aliphatic heterocycles. The van der Waals surface area contributed by atoms with Gasteiger partial charge in [0.1, 0.15) is 6.07 Å². The fourth-order valence-electron chi connectivity index (χ4n) is 2.13. The summed E-state index contributed by atoms with van der Waals surface area (Å²) < 4.78 is 28.9. The molecule has 0 saturated heterocycles. The summed E-state index contributed by atoms with van der Waals surface area (Å²) in [4.78, 5) is 2.86. The molecule has 3 aromatic rings. The first kappa shape index (κ1) is 12.5. The first-order valence-electron chi connectivity index (χ1n) is 5.71. The number of aromatic nitrogens is 2. The molecule has 0 saturated carbocycles. The molecule has 0 aliphatic rings. The minimum atomic E-state index is -0.980. The van der Waals surface area contributed by atoms with E-state index in [2.05, 4.69) is 4.98 Å². The lowest BCUT2D eigenvalue weighted by Gasteiger charge is -2.06. The molecule has 2 aromatic carbocycles. The predicted molar refractivity (Wildman–Crippen MR) is 73.1 cm³/mol. The first-order valence-corrected chi connectivity index (χ1v) is 6.12. The van der Waals surface area contributed by atoms with Crippen molar-refractivity contribution in [2.24, 2.45) is 0 Å². The molecule has 3 nitrogen and oxygen atoms in total. The fourth-order valence-corrected chi connectivity index (χ4v) is 2.43. The zero-order valence-electron chi connectivity index (χ0n) is 10.0. The Bertz CT molecular complexity index is 918. The Morgan fingerprint density at radius 3 is 2.65 bits per heavy atom. The highest BCUT2D eigenvalue weighted by molar-refractivity contribution is 7.71. The normalized spacial score (nSPS) is 10.7. The van der Waals surface area contributed by atoms with Crippen LogP contribution in [0.4, 0.5) is 8.78 Å². The quantitative estimate of drug-likeness (QED) is 0.691. The first-order chi connectivity index (χ1) is 9.63. The van der Waals surface area contributed by atoms with Crippen LogP contribution in [-0.4, -0.2) is 9.55 Å². The highest BCUT2D eigenvalue weighted by Gasteiger charge is 2.14. The number of H-pyrrole nitrogens is 1. The van der Waals surface area contributed by atoms with Crippen molar-refractivity contribution >= 4 is 23.3 Å². The topological polar surface area (TPSA) is 44.5 Å². The molecule has 1 N–H and O–H groups in total. The molecule has 0 atom stereocenters. The second kappa shape index (κ2) is 4.54. The molecule has 20 heavy (non-hydrogen) atoms. The molecule has 6 heteroatoms. The van der Waals surface area contributed by atoms with Crippen molar-refractivity contribution in [2.75, 3.05) is 0 Å². The maximum Gasteiger partial charge on any atom is 0.182 e. The maximum absolute atomic E-state index is 13.9. The van der Waals surface area contributed by atoms with Crippen molar-refractivity contribution in [3.8, 4) is 11.8 Å². The average molecular weight is 287 g/mol. The van der Waals surface area contributed by atoms with Gasteiger partial charge in [0.2, 0.25) is 0 Å². The van der Waals surface area contributed by atoms with Gasteiger partial charge in [-0.15, -0.1) is 0 Å². The summed E-state index contributed by atoms with van der Waals surface area (Å²) in [5.41, 5.74) is 1.43. The van der Waals surface area contributed by atoms with Gasteiger partial charge in [-0.2, -0.15) is 5.26 Å². The Kier molecular flexibility index (Phi) is 2.84. The van der Waals surface area contributed by atoms with E-state index in [0.717, 1.165) is 6.07 Å². The van der Waals surface area contributed by atoms with E-state index in [1.165, 1.54) is 16.7 Å². The minimum absolute atomic E-state index is 0.0105. The molecule has 0 unspecified atom stereocenters. The molecule has 1 heterocycles. The summed E-state index contributed by atoms with van der Waals surface area (Å²) >= 11 is 5.15. The zero-order valence-corrected chi connectivity index (χ0v) is 10.8. The number of fused-ring (bicyclic) bond motifs is 1. The third-order valence-corrected chi connectivity index (χ3v) is 3.30. The van der Waals surface area contributed by atoms with Crippen LogP contribution in [0, 0.1) is 27.7 Å². The summed E-state index contributed by atoms with van der Waals surface area (Å²) in [6.45, 7) is 0. The van der Waals surface area contributed by atoms with E-state index in [1.54, 1.807) is 18.2 Å². The van der Waals surface area contributed by atoms with E-state index in [-0.39, 0.29) is 10.5 Å². The van der Waals surface area contributed by atoms with Gasteiger partial charge < -0.3 is 4.98 Å². The van der Waals surface area contributed by atoms with Gasteiger partial charge in [-0.05, 0) is 36.5 Å². The number of nitrogens with one attached hydrogen (secondary N) is 1. The van der Waals surface area contributed by atoms with Gasteiger partial charge in [0.05, 0.1) is 22.3 Å². The fraction of sp³-hybridized carbons (Fsp3) is 0. The van der Waals surface area contributed by atoms with Crippen LogP contribution in [0.3, 0.4) is 0 Å². The molecule has 0 fully saturated rings. The average Bonchev–Trinajstić information content (AvgIpc) is 2.78. The van der Waals surface area contributed by atoms with Gasteiger partial charge >= 0.3 is 0 Å². The zero-order chi connectivity index (χ0) is 14.3. The van der Waals surface area contributed by atoms with E-state index in [9.17, 15) is 8.78 Å². The molecule has 3 rings (SSSR count). The van der Waals surface area contributed by atoms with Crippen LogP contribution < -0.4 is 0 Å². The molecule has 0 bridgehead atoms. The molecule has 1 aromatic heterocycles. The van der Waals surface area contributed by atoms with Crippen LogP contribution in [0.1, 0.15) is 5.56 Å². The summed E-state index contributed by atoms with van der Waals surface area (Å²) in [6, 6.07) is 10.9. The molecule has 0 spiro atoms. The van der Waals surface area contributed by atoms with Crippen molar-refractivity contribution in [3.63, 3.8) is 0 Å². The second-order valence-electron chi connectivity index (χ2n) is 4.15. The number of hydrogen-bond acceptors (Lipinski definition) is 2. The van der Waals surface area contributed by atoms with Crippen molar-refractivity contribution in [1.82, 2.24) is 9.55 Å². The molecular weight excluding hydrogens is 280 g/mol. The molecule has 98 valence electrons. The number of imidazole rings is 1. The number of hydrogen-bond donors (Lipinski definition) is 1. The van der Waals surface area contributed by atoms with Gasteiger partial charge in [0.15, 0.2) is 16.4 Å². The summed E-state index contributed by atoms with van der Waals surface area (Å²) in [6.07, 6.45) is 0. The molecule has 0 aliphatic carbocycles. The molecular formula is C14H7F2N3S. The highest BCUT2D eigenvalue weighted by atomic mass is 32.1. The second-order valence-corrected chi connectivity index (χ2v) is 4.54. The van der Waals surface area contributed by atoms with Crippen LogP contribution in [-0.2, 0) is 0 Å². The van der Waals surface area contributed by atoms with Crippen LogP contribution >= 0.6 is 12.2 Å². The Morgan fingerprint density at radius 1 is 1.15 bits per heavy atom. The lowest BCUT2D eigenvalue weighted by atomic mass is 10.2. The number of rotatable bonds is 1. The Labute approximate surface area is 117 Å². The van der Waals surface area contributed by atoms with Gasteiger partial charge in [0.25, 0.3) is 0 Å². The summed E-state index contributed by atoms with van der Waals surface area (Å²) in [5.74, 6) is -1.93. The standard InChI is InChI=1S/C14H7F2N3S/c15-9-4-2-5-10(12(9)16)19-11-6-1-3-8(7-17)13(11)18-14(19)20/h1-6H,(H,18,20). The van der Waals surface area contributed by atoms with Crippen LogP contribution in [0.5, 0.6) is 0 Å². The van der Waals surface area contributed by atoms with Crippen LogP contribution in [0.15, 0.2) is 36.4 Å². The van der Waals surface area contributed by atoms with E-state index >= 15 is 0 Å². The SMILES string of the molecule is N#Cc1cccc2c1[nH]c(=S)n2-c1cccc(F)c1F. The lowest BCUT2D eigenvalue weighted by molar-refractivity contribution is 0.504. The van der Waals surface area contributed by atoms with E-state index in [1.807, 2.05) is 6.07 Å². The van der Waals surface area contributed by atoms with Crippen molar-refractivity contribution in [2.45, 2.75) is 0 Å². The molecule has 0 amide bonds. The Morgan fingerprint density at radius 2 is 1.90 bits per heavy atom. The largest absolute Gasteiger partial charge is 0.329 e. The maximum atomic E-state index is 13.9. The van der Waals surface area contributed by atoms with Crippen molar-refractivity contribution < 1.29 is 8.78 Å². The Balaban J connectivity index is 2.44. The summed E-state index contributed by atoms with van der Waals surface area (Å²) in [7, 11) is 0. The number of nitrogens with zero attached hydrogens (tertiary/aromatic N) is 2. The van der Waals surface area contributed by atoms with Crippen LogP contribution in [0.25, 0.3) is 16.7 Å². The van der Waals surface area contributed by atoms with E-state index in [0.29, 0.717) is 16.6 Å². The third-order valence-electron chi connectivity index (χ3n) is 3.01. The van der Waals surface area contributed by atoms with Crippen molar-refractivity contribution in [3.05, 3.63) is 58.4 Å². The highest BCUT2D eigenvalue weighted by Crippen LogP contribution is 2.24. The van der Waals surface area contributed by atoms with Crippen molar-refractivity contribution in [1.29, 1.82) is 5.26 Å². The predicted octanol–water partition coefficient (Wildman–Crippen LogP) is 3.84.